The Labute approximate surface area is 194 Å². The van der Waals surface area contributed by atoms with Crippen molar-refractivity contribution in [1.82, 2.24) is 35.4 Å². The molecule has 33 heavy (non-hydrogen) atoms. The van der Waals surface area contributed by atoms with Crippen molar-refractivity contribution in [3.05, 3.63) is 64.7 Å². The Hall–Kier alpha value is -3.37. The highest BCUT2D eigenvalue weighted by Gasteiger charge is 2.50. The fourth-order valence-electron chi connectivity index (χ4n) is 4.67. The Balaban J connectivity index is 1.32. The summed E-state index contributed by atoms with van der Waals surface area (Å²) in [7, 11) is 0. The molecule has 1 unspecified atom stereocenters. The van der Waals surface area contributed by atoms with E-state index in [1.54, 1.807) is 30.5 Å². The van der Waals surface area contributed by atoms with E-state index >= 15 is 0 Å². The number of aryl methyl sites for hydroxylation is 1. The molecule has 2 amide bonds. The monoisotopic (exact) mass is 467 g/mol. The van der Waals surface area contributed by atoms with Crippen molar-refractivity contribution in [3.63, 3.8) is 0 Å². The summed E-state index contributed by atoms with van der Waals surface area (Å²) >= 11 is 6.15. The lowest BCUT2D eigenvalue weighted by atomic mass is 9.98. The Kier molecular flexibility index (Phi) is 5.55. The fourth-order valence-corrected chi connectivity index (χ4v) is 4.86. The van der Waals surface area contributed by atoms with Crippen molar-refractivity contribution < 1.29 is 14.7 Å². The number of tetrazole rings is 1. The number of amides is 2. The largest absolute Gasteiger partial charge is 0.374 e. The normalized spacial score (nSPS) is 21.8. The van der Waals surface area contributed by atoms with Gasteiger partial charge in [0.05, 0.1) is 11.4 Å². The van der Waals surface area contributed by atoms with Crippen LogP contribution in [0.4, 0.5) is 0 Å². The van der Waals surface area contributed by atoms with E-state index < -0.39 is 17.6 Å². The van der Waals surface area contributed by atoms with Crippen LogP contribution in [0.15, 0.2) is 42.9 Å². The van der Waals surface area contributed by atoms with Crippen LogP contribution in [0.1, 0.15) is 36.1 Å². The van der Waals surface area contributed by atoms with Crippen LogP contribution in [-0.4, -0.2) is 59.6 Å². The van der Waals surface area contributed by atoms with Crippen molar-refractivity contribution in [1.29, 1.82) is 0 Å². The number of aliphatic hydroxyl groups is 1. The van der Waals surface area contributed by atoms with Gasteiger partial charge < -0.3 is 15.3 Å². The summed E-state index contributed by atoms with van der Waals surface area (Å²) in [5, 5.41) is 25.9. The summed E-state index contributed by atoms with van der Waals surface area (Å²) in [6.07, 6.45) is 5.08. The molecule has 1 aromatic carbocycles. The number of likely N-dealkylation sites (tertiary alicyclic amines) is 1. The highest BCUT2D eigenvalue weighted by molar-refractivity contribution is 6.30. The molecule has 3 heterocycles. The molecule has 3 aromatic rings. The van der Waals surface area contributed by atoms with Crippen molar-refractivity contribution in [3.8, 4) is 5.69 Å². The average molecular weight is 468 g/mol. The molecule has 11 heteroatoms. The van der Waals surface area contributed by atoms with Crippen molar-refractivity contribution in [2.24, 2.45) is 0 Å². The van der Waals surface area contributed by atoms with Crippen LogP contribution < -0.4 is 5.32 Å². The van der Waals surface area contributed by atoms with Crippen LogP contribution in [0.25, 0.3) is 5.69 Å². The number of rotatable bonds is 5. The van der Waals surface area contributed by atoms with Gasteiger partial charge in [-0.1, -0.05) is 17.7 Å². The highest BCUT2D eigenvalue weighted by Crippen LogP contribution is 2.38. The lowest BCUT2D eigenvalue weighted by Gasteiger charge is -2.31. The van der Waals surface area contributed by atoms with Gasteiger partial charge in [0.25, 0.3) is 5.91 Å². The number of pyridine rings is 1. The van der Waals surface area contributed by atoms with Gasteiger partial charge in [0.1, 0.15) is 12.4 Å². The second-order valence-electron chi connectivity index (χ2n) is 8.27. The van der Waals surface area contributed by atoms with Crippen molar-refractivity contribution >= 4 is 23.4 Å². The number of hydrogen-bond acceptors (Lipinski definition) is 7. The summed E-state index contributed by atoms with van der Waals surface area (Å²) in [5.41, 5.74) is 0.980. The number of fused-ring (bicyclic) bond motifs is 1. The van der Waals surface area contributed by atoms with Crippen LogP contribution in [0, 0.1) is 0 Å². The molecule has 1 fully saturated rings. The first-order valence-corrected chi connectivity index (χ1v) is 11.1. The van der Waals surface area contributed by atoms with Gasteiger partial charge in [-0.05, 0) is 71.5 Å². The van der Waals surface area contributed by atoms with Crippen LogP contribution in [0.3, 0.4) is 0 Å². The zero-order valence-corrected chi connectivity index (χ0v) is 18.4. The van der Waals surface area contributed by atoms with Gasteiger partial charge in [0.2, 0.25) is 5.91 Å². The number of carbonyl (C=O) groups is 2. The maximum atomic E-state index is 13.4. The fraction of sp³-hybridized carbons (Fsp3) is 0.364. The number of benzene rings is 1. The Morgan fingerprint density at radius 3 is 3.00 bits per heavy atom. The van der Waals surface area contributed by atoms with E-state index in [-0.39, 0.29) is 18.9 Å². The van der Waals surface area contributed by atoms with Gasteiger partial charge in [0, 0.05) is 24.3 Å². The molecule has 0 bridgehead atoms. The third-order valence-corrected chi connectivity index (χ3v) is 6.53. The molecule has 0 spiro atoms. The van der Waals surface area contributed by atoms with E-state index in [0.717, 1.165) is 11.1 Å². The summed E-state index contributed by atoms with van der Waals surface area (Å²) in [4.78, 5) is 32.2. The maximum Gasteiger partial charge on any atom is 0.261 e. The molecule has 1 aliphatic heterocycles. The van der Waals surface area contributed by atoms with E-state index in [9.17, 15) is 14.7 Å². The maximum absolute atomic E-state index is 13.4. The van der Waals surface area contributed by atoms with Gasteiger partial charge in [0.15, 0.2) is 5.60 Å². The molecule has 5 rings (SSSR count). The summed E-state index contributed by atoms with van der Waals surface area (Å²) in [5.74, 6) is -0.749. The minimum absolute atomic E-state index is 0.182. The molecule has 10 nitrogen and oxygen atoms in total. The predicted octanol–water partition coefficient (Wildman–Crippen LogP) is 1.15. The van der Waals surface area contributed by atoms with Gasteiger partial charge in [-0.2, -0.15) is 0 Å². The smallest absolute Gasteiger partial charge is 0.261 e. The molecule has 0 radical (unpaired) electrons. The van der Waals surface area contributed by atoms with Crippen LogP contribution in [-0.2, 0) is 28.2 Å². The topological polar surface area (TPSA) is 126 Å². The van der Waals surface area contributed by atoms with Crippen molar-refractivity contribution in [2.75, 3.05) is 6.54 Å². The average Bonchev–Trinajstić information content (AvgIpc) is 3.58. The number of carbonyl (C=O) groups excluding carboxylic acids is 2. The zero-order valence-electron chi connectivity index (χ0n) is 17.7. The minimum Gasteiger partial charge on any atom is -0.374 e. The number of nitrogens with one attached hydrogen (secondary N) is 1. The van der Waals surface area contributed by atoms with Gasteiger partial charge in [-0.25, -0.2) is 4.68 Å². The van der Waals surface area contributed by atoms with Crippen LogP contribution >= 0.6 is 11.6 Å². The zero-order chi connectivity index (χ0) is 23.0. The van der Waals surface area contributed by atoms with E-state index in [1.807, 2.05) is 6.07 Å². The Morgan fingerprint density at radius 1 is 1.30 bits per heavy atom. The summed E-state index contributed by atoms with van der Waals surface area (Å²) < 4.78 is 1.49. The molecular weight excluding hydrogens is 446 g/mol. The number of hydrogen-bond donors (Lipinski definition) is 2. The molecule has 2 atom stereocenters. The van der Waals surface area contributed by atoms with Crippen molar-refractivity contribution in [2.45, 2.75) is 43.9 Å². The summed E-state index contributed by atoms with van der Waals surface area (Å²) in [6, 6.07) is 8.22. The van der Waals surface area contributed by atoms with Crippen LogP contribution in [0.2, 0.25) is 5.02 Å². The molecule has 2 aromatic heterocycles. The highest BCUT2D eigenvalue weighted by atomic mass is 35.5. The predicted molar refractivity (Wildman–Crippen MR) is 117 cm³/mol. The first kappa shape index (κ1) is 21.5. The lowest BCUT2D eigenvalue weighted by Crippen LogP contribution is -2.52. The number of nitrogens with zero attached hydrogens (tertiary/aromatic N) is 6. The molecule has 2 aliphatic rings. The van der Waals surface area contributed by atoms with E-state index in [4.69, 9.17) is 11.6 Å². The standard InChI is InChI=1S/C22H22ClN7O3/c23-16-5-6-17(30-13-26-27-28-30)15(11-16)12-25-20(31)18-4-2-10-29(18)21(32)22(33)8-7-14-3-1-9-24-19(14)22/h1,3,5-6,9,11,13,18,33H,2,4,7-8,10,12H2,(H,25,31)/t18-,22?/m0/s1. The molecular formula is C22H22ClN7O3. The molecule has 1 aliphatic carbocycles. The molecule has 0 saturated carbocycles. The third-order valence-electron chi connectivity index (χ3n) is 6.30. The summed E-state index contributed by atoms with van der Waals surface area (Å²) in [6.45, 7) is 0.593. The first-order valence-electron chi connectivity index (χ1n) is 10.7. The molecule has 170 valence electrons. The first-order chi connectivity index (χ1) is 16.0. The van der Waals surface area contributed by atoms with Gasteiger partial charge >= 0.3 is 0 Å². The molecule has 2 N–H and O–H groups in total. The van der Waals surface area contributed by atoms with E-state index in [0.29, 0.717) is 42.2 Å². The number of halogens is 1. The lowest BCUT2D eigenvalue weighted by molar-refractivity contribution is -0.156. The Bertz CT molecular complexity index is 1200. The third kappa shape index (κ3) is 3.85. The van der Waals surface area contributed by atoms with E-state index in [1.165, 1.54) is 15.9 Å². The van der Waals surface area contributed by atoms with Crippen LogP contribution in [0.5, 0.6) is 0 Å². The quantitative estimate of drug-likeness (QED) is 0.576. The molecule has 1 saturated heterocycles. The van der Waals surface area contributed by atoms with Gasteiger partial charge in [-0.3, -0.25) is 14.6 Å². The second-order valence-corrected chi connectivity index (χ2v) is 8.71. The number of aromatic nitrogens is 5. The van der Waals surface area contributed by atoms with Gasteiger partial charge in [-0.15, -0.1) is 5.10 Å². The SMILES string of the molecule is O=C(NCc1cc(Cl)ccc1-n1cnnn1)[C@@H]1CCCN1C(=O)C1(O)CCc2cccnc21. The van der Waals surface area contributed by atoms with E-state index in [2.05, 4.69) is 25.8 Å². The Morgan fingerprint density at radius 2 is 2.18 bits per heavy atom. The second kappa shape index (κ2) is 8.53. The minimum atomic E-state index is -1.69.